The van der Waals surface area contributed by atoms with Gasteiger partial charge in [0.1, 0.15) is 0 Å². The van der Waals surface area contributed by atoms with Crippen molar-refractivity contribution in [2.75, 3.05) is 11.0 Å². The average molecular weight is 358 g/mol. The Balaban J connectivity index is 1.77. The van der Waals surface area contributed by atoms with Crippen molar-refractivity contribution in [2.45, 2.75) is 32.2 Å². The summed E-state index contributed by atoms with van der Waals surface area (Å²) >= 11 is 0. The number of carbonyl (C=O) groups excluding carboxylic acids is 1. The van der Waals surface area contributed by atoms with E-state index < -0.39 is 10.0 Å². The molecule has 0 aromatic heterocycles. The summed E-state index contributed by atoms with van der Waals surface area (Å²) < 4.78 is 25.2. The van der Waals surface area contributed by atoms with Gasteiger partial charge in [0.05, 0.1) is 18.0 Å². The molecule has 0 saturated carbocycles. The number of carbonyl (C=O) groups is 1. The van der Waals surface area contributed by atoms with Gasteiger partial charge in [0, 0.05) is 5.56 Å². The van der Waals surface area contributed by atoms with E-state index >= 15 is 0 Å². The number of hydrogen-bond acceptors (Lipinski definition) is 3. The summed E-state index contributed by atoms with van der Waals surface area (Å²) in [7, 11) is -3.34. The molecule has 1 atom stereocenters. The van der Waals surface area contributed by atoms with Gasteiger partial charge in [-0.3, -0.25) is 9.52 Å². The molecule has 0 spiro atoms. The number of benzene rings is 2. The van der Waals surface area contributed by atoms with Crippen molar-refractivity contribution >= 4 is 21.6 Å². The molecule has 2 aromatic carbocycles. The SMILES string of the molecule is Cc1cc(C(=O)N[C@H]2CCCc3ccccc32)ccc1NS(C)(=O)=O. The number of hydrogen-bond donors (Lipinski definition) is 2. The minimum absolute atomic E-state index is 0.0200. The number of fused-ring (bicyclic) bond motifs is 1. The van der Waals surface area contributed by atoms with E-state index in [0.29, 0.717) is 16.8 Å². The van der Waals surface area contributed by atoms with Crippen LogP contribution in [0.15, 0.2) is 42.5 Å². The van der Waals surface area contributed by atoms with Gasteiger partial charge < -0.3 is 5.32 Å². The van der Waals surface area contributed by atoms with E-state index in [1.165, 1.54) is 11.1 Å². The fourth-order valence-electron chi connectivity index (χ4n) is 3.26. The van der Waals surface area contributed by atoms with Crippen LogP contribution in [0.3, 0.4) is 0 Å². The van der Waals surface area contributed by atoms with Crippen LogP contribution >= 0.6 is 0 Å². The fraction of sp³-hybridized carbons (Fsp3) is 0.316. The zero-order valence-corrected chi connectivity index (χ0v) is 15.2. The van der Waals surface area contributed by atoms with Gasteiger partial charge in [-0.25, -0.2) is 8.42 Å². The predicted octanol–water partition coefficient (Wildman–Crippen LogP) is 3.17. The third-order valence-corrected chi connectivity index (χ3v) is 5.05. The molecule has 25 heavy (non-hydrogen) atoms. The van der Waals surface area contributed by atoms with Gasteiger partial charge in [-0.1, -0.05) is 24.3 Å². The van der Waals surface area contributed by atoms with Crippen LogP contribution in [-0.4, -0.2) is 20.6 Å². The Morgan fingerprint density at radius 2 is 1.92 bits per heavy atom. The van der Waals surface area contributed by atoms with Gasteiger partial charge in [0.2, 0.25) is 10.0 Å². The second kappa shape index (κ2) is 6.88. The van der Waals surface area contributed by atoms with E-state index in [1.54, 1.807) is 25.1 Å². The highest BCUT2D eigenvalue weighted by Gasteiger charge is 2.22. The van der Waals surface area contributed by atoms with Crippen LogP contribution in [0.4, 0.5) is 5.69 Å². The monoisotopic (exact) mass is 358 g/mol. The Hall–Kier alpha value is -2.34. The van der Waals surface area contributed by atoms with Crippen molar-refractivity contribution in [1.29, 1.82) is 0 Å². The van der Waals surface area contributed by atoms with E-state index in [2.05, 4.69) is 22.2 Å². The summed E-state index contributed by atoms with van der Waals surface area (Å²) in [5.41, 5.74) is 4.21. The zero-order chi connectivity index (χ0) is 18.0. The Kier molecular flexibility index (Phi) is 4.81. The van der Waals surface area contributed by atoms with Crippen LogP contribution in [0.5, 0.6) is 0 Å². The second-order valence-electron chi connectivity index (χ2n) is 6.52. The molecule has 3 rings (SSSR count). The summed E-state index contributed by atoms with van der Waals surface area (Å²) in [6, 6.07) is 13.2. The highest BCUT2D eigenvalue weighted by molar-refractivity contribution is 7.92. The van der Waals surface area contributed by atoms with Gasteiger partial charge in [0.15, 0.2) is 0 Å². The van der Waals surface area contributed by atoms with E-state index in [0.717, 1.165) is 25.5 Å². The molecule has 6 heteroatoms. The van der Waals surface area contributed by atoms with Gasteiger partial charge in [0.25, 0.3) is 5.91 Å². The summed E-state index contributed by atoms with van der Waals surface area (Å²) in [5.74, 6) is -0.143. The lowest BCUT2D eigenvalue weighted by Gasteiger charge is -2.26. The minimum Gasteiger partial charge on any atom is -0.345 e. The minimum atomic E-state index is -3.34. The molecule has 0 fully saturated rings. The fourth-order valence-corrected chi connectivity index (χ4v) is 3.89. The second-order valence-corrected chi connectivity index (χ2v) is 8.27. The molecular formula is C19H22N2O3S. The summed E-state index contributed by atoms with van der Waals surface area (Å²) in [5, 5.41) is 3.11. The first-order chi connectivity index (χ1) is 11.8. The molecule has 1 aliphatic rings. The number of nitrogens with one attached hydrogen (secondary N) is 2. The third-order valence-electron chi connectivity index (χ3n) is 4.46. The molecule has 2 aromatic rings. The normalized spacial score (nSPS) is 16.8. The van der Waals surface area contributed by atoms with Crippen molar-refractivity contribution in [3.8, 4) is 0 Å². The van der Waals surface area contributed by atoms with Crippen molar-refractivity contribution in [2.24, 2.45) is 0 Å². The molecule has 1 aliphatic carbocycles. The summed E-state index contributed by atoms with van der Waals surface area (Å²) in [6.45, 7) is 1.78. The Morgan fingerprint density at radius 1 is 1.16 bits per heavy atom. The number of rotatable bonds is 4. The molecule has 0 heterocycles. The smallest absolute Gasteiger partial charge is 0.251 e. The van der Waals surface area contributed by atoms with Crippen molar-refractivity contribution in [1.82, 2.24) is 5.32 Å². The van der Waals surface area contributed by atoms with Gasteiger partial charge >= 0.3 is 0 Å². The summed E-state index contributed by atoms with van der Waals surface area (Å²) in [4.78, 5) is 12.6. The van der Waals surface area contributed by atoms with Crippen LogP contribution in [0, 0.1) is 6.92 Å². The van der Waals surface area contributed by atoms with Crippen molar-refractivity contribution in [3.63, 3.8) is 0 Å². The quantitative estimate of drug-likeness (QED) is 0.881. The lowest BCUT2D eigenvalue weighted by atomic mass is 9.87. The number of anilines is 1. The molecule has 0 aliphatic heterocycles. The molecule has 0 unspecified atom stereocenters. The third kappa shape index (κ3) is 4.20. The Morgan fingerprint density at radius 3 is 2.64 bits per heavy atom. The van der Waals surface area contributed by atoms with E-state index in [4.69, 9.17) is 0 Å². The van der Waals surface area contributed by atoms with Gasteiger partial charge in [-0.2, -0.15) is 0 Å². The van der Waals surface area contributed by atoms with Crippen molar-refractivity contribution < 1.29 is 13.2 Å². The van der Waals surface area contributed by atoms with Crippen LogP contribution in [0.25, 0.3) is 0 Å². The lowest BCUT2D eigenvalue weighted by molar-refractivity contribution is 0.0932. The van der Waals surface area contributed by atoms with Gasteiger partial charge in [-0.05, 0) is 61.1 Å². The summed E-state index contributed by atoms with van der Waals surface area (Å²) in [6.07, 6.45) is 4.13. The molecule has 0 bridgehead atoms. The molecule has 0 saturated heterocycles. The maximum atomic E-state index is 12.6. The van der Waals surface area contributed by atoms with Crippen LogP contribution in [-0.2, 0) is 16.4 Å². The standard InChI is InChI=1S/C19H22N2O3S/c1-13-12-15(10-11-17(13)21-25(2,23)24)19(22)20-18-9-5-7-14-6-3-4-8-16(14)18/h3-4,6,8,10-12,18,21H,5,7,9H2,1-2H3,(H,20,22)/t18-/m0/s1. The first-order valence-corrected chi connectivity index (χ1v) is 10.2. The molecule has 5 nitrogen and oxygen atoms in total. The first kappa shape index (κ1) is 17.5. The van der Waals surface area contributed by atoms with Crippen LogP contribution in [0.2, 0.25) is 0 Å². The number of aryl methyl sites for hydroxylation is 2. The van der Waals surface area contributed by atoms with E-state index in [9.17, 15) is 13.2 Å². The van der Waals surface area contributed by atoms with E-state index in [1.807, 2.05) is 12.1 Å². The number of sulfonamides is 1. The topological polar surface area (TPSA) is 75.3 Å². The molecule has 132 valence electrons. The Labute approximate surface area is 148 Å². The molecule has 0 radical (unpaired) electrons. The molecular weight excluding hydrogens is 336 g/mol. The molecule has 1 amide bonds. The number of amides is 1. The van der Waals surface area contributed by atoms with Crippen molar-refractivity contribution in [3.05, 3.63) is 64.7 Å². The maximum Gasteiger partial charge on any atom is 0.251 e. The molecule has 2 N–H and O–H groups in total. The van der Waals surface area contributed by atoms with Crippen LogP contribution in [0.1, 0.15) is 45.9 Å². The highest BCUT2D eigenvalue weighted by Crippen LogP contribution is 2.29. The maximum absolute atomic E-state index is 12.6. The lowest BCUT2D eigenvalue weighted by Crippen LogP contribution is -2.31. The largest absolute Gasteiger partial charge is 0.345 e. The van der Waals surface area contributed by atoms with E-state index in [-0.39, 0.29) is 11.9 Å². The Bertz CT molecular complexity index is 907. The predicted molar refractivity (Wildman–Crippen MR) is 99.2 cm³/mol. The first-order valence-electron chi connectivity index (χ1n) is 8.30. The average Bonchev–Trinajstić information content (AvgIpc) is 2.56. The van der Waals surface area contributed by atoms with Crippen LogP contribution < -0.4 is 10.0 Å². The zero-order valence-electron chi connectivity index (χ0n) is 14.4. The highest BCUT2D eigenvalue weighted by atomic mass is 32.2. The van der Waals surface area contributed by atoms with Gasteiger partial charge in [-0.15, -0.1) is 0 Å².